The van der Waals surface area contributed by atoms with Gasteiger partial charge in [0.2, 0.25) is 0 Å². The van der Waals surface area contributed by atoms with Crippen molar-refractivity contribution in [1.29, 1.82) is 0 Å². The van der Waals surface area contributed by atoms with Crippen LogP contribution in [0, 0.1) is 0 Å². The van der Waals surface area contributed by atoms with Crippen molar-refractivity contribution in [1.82, 2.24) is 39.1 Å². The molecule has 2 atom stereocenters. The van der Waals surface area contributed by atoms with E-state index in [1.807, 2.05) is 66.0 Å². The molecule has 9 nitrogen and oxygen atoms in total. The Balaban J connectivity index is 1.64. The Hall–Kier alpha value is -2.94. The minimum absolute atomic E-state index is 0.0173. The minimum atomic E-state index is -0.0173. The summed E-state index contributed by atoms with van der Waals surface area (Å²) in [6.45, 7) is 1.22. The van der Waals surface area contributed by atoms with Crippen LogP contribution in [0.3, 0.4) is 0 Å². The van der Waals surface area contributed by atoms with Crippen LogP contribution >= 0.6 is 0 Å². The Kier molecular flexibility index (Phi) is 4.08. The third-order valence-electron chi connectivity index (χ3n) is 4.98. The van der Waals surface area contributed by atoms with Crippen LogP contribution in [-0.4, -0.2) is 78.3 Å². The molecule has 1 amide bonds. The number of carbonyl (C=O) groups excluding carboxylic acids is 1. The number of hydrogen-bond acceptors (Lipinski definition) is 5. The largest absolute Gasteiger partial charge is 0.335 e. The van der Waals surface area contributed by atoms with E-state index in [9.17, 15) is 4.79 Å². The maximum absolute atomic E-state index is 13.3. The van der Waals surface area contributed by atoms with Gasteiger partial charge in [0.25, 0.3) is 5.91 Å². The summed E-state index contributed by atoms with van der Waals surface area (Å²) in [4.78, 5) is 17.3. The van der Waals surface area contributed by atoms with E-state index in [1.165, 1.54) is 0 Å². The molecule has 1 saturated heterocycles. The van der Waals surface area contributed by atoms with E-state index in [0.717, 1.165) is 5.82 Å². The first-order valence-corrected chi connectivity index (χ1v) is 8.53. The fourth-order valence-corrected chi connectivity index (χ4v) is 3.63. The van der Waals surface area contributed by atoms with Gasteiger partial charge < -0.3 is 14.4 Å². The fourth-order valence-electron chi connectivity index (χ4n) is 3.63. The Morgan fingerprint density at radius 2 is 1.96 bits per heavy atom. The van der Waals surface area contributed by atoms with Gasteiger partial charge in [-0.3, -0.25) is 9.48 Å². The highest BCUT2D eigenvalue weighted by molar-refractivity contribution is 5.97. The number of carbonyl (C=O) groups is 1. The molecule has 4 heterocycles. The summed E-state index contributed by atoms with van der Waals surface area (Å²) in [5.41, 5.74) is 0.598. The average molecular weight is 354 g/mol. The molecule has 1 fully saturated rings. The third kappa shape index (κ3) is 2.70. The van der Waals surface area contributed by atoms with Gasteiger partial charge in [-0.05, 0) is 26.2 Å². The molecule has 1 aliphatic heterocycles. The Labute approximate surface area is 151 Å². The highest BCUT2D eigenvalue weighted by Gasteiger charge is 2.39. The van der Waals surface area contributed by atoms with Gasteiger partial charge >= 0.3 is 0 Å². The van der Waals surface area contributed by atoms with Crippen LogP contribution in [0.4, 0.5) is 0 Å². The second kappa shape index (κ2) is 6.41. The first-order valence-electron chi connectivity index (χ1n) is 8.53. The van der Waals surface area contributed by atoms with Gasteiger partial charge in [0, 0.05) is 38.7 Å². The number of nitrogens with zero attached hydrogens (tertiary/aromatic N) is 8. The lowest BCUT2D eigenvalue weighted by atomic mass is 10.1. The molecule has 26 heavy (non-hydrogen) atoms. The molecule has 0 aliphatic carbocycles. The van der Waals surface area contributed by atoms with Crippen LogP contribution in [0.25, 0.3) is 5.82 Å². The summed E-state index contributed by atoms with van der Waals surface area (Å²) in [5.74, 6) is 0.752. The fraction of sp³-hybridized carbons (Fsp3) is 0.412. The quantitative estimate of drug-likeness (QED) is 0.679. The standard InChI is InChI=1S/C17H22N8O/c1-21(2)14-11-24(12-15(14)25-9-6-18-20-25)17(26)13-10-19-22(3)16(13)23-7-4-5-8-23/h4-10,14-15H,11-12H2,1-3H3/t14-,15+/m1/s1. The first kappa shape index (κ1) is 16.5. The van der Waals surface area contributed by atoms with Crippen LogP contribution in [0.15, 0.2) is 43.1 Å². The summed E-state index contributed by atoms with van der Waals surface area (Å²) in [6.07, 6.45) is 9.00. The summed E-state index contributed by atoms with van der Waals surface area (Å²) in [7, 11) is 5.90. The molecule has 0 N–H and O–H groups in total. The smallest absolute Gasteiger partial charge is 0.259 e. The molecule has 0 radical (unpaired) electrons. The SMILES string of the molecule is CN(C)[C@@H]1CN(C(=O)c2cnn(C)c2-n2cccc2)C[C@@H]1n1ccnn1. The molecule has 1 aliphatic rings. The summed E-state index contributed by atoms with van der Waals surface area (Å²) < 4.78 is 5.48. The van der Waals surface area contributed by atoms with Crippen LogP contribution in [0.5, 0.6) is 0 Å². The van der Waals surface area contributed by atoms with Crippen molar-refractivity contribution >= 4 is 5.91 Å². The molecular formula is C17H22N8O. The topological polar surface area (TPSA) is 77.0 Å². The van der Waals surface area contributed by atoms with Crippen LogP contribution in [0.2, 0.25) is 0 Å². The lowest BCUT2D eigenvalue weighted by Gasteiger charge is -2.24. The van der Waals surface area contributed by atoms with Gasteiger partial charge in [-0.1, -0.05) is 5.21 Å². The zero-order chi connectivity index (χ0) is 18.3. The number of aromatic nitrogens is 6. The van der Waals surface area contributed by atoms with Crippen LogP contribution < -0.4 is 0 Å². The van der Waals surface area contributed by atoms with Gasteiger partial charge in [0.05, 0.1) is 24.5 Å². The van der Waals surface area contributed by atoms with Crippen molar-refractivity contribution in [3.05, 3.63) is 48.7 Å². The van der Waals surface area contributed by atoms with Gasteiger partial charge in [-0.15, -0.1) is 5.10 Å². The van der Waals surface area contributed by atoms with E-state index in [1.54, 1.807) is 17.1 Å². The summed E-state index contributed by atoms with van der Waals surface area (Å²) in [6, 6.07) is 4.11. The second-order valence-electron chi connectivity index (χ2n) is 6.79. The summed E-state index contributed by atoms with van der Waals surface area (Å²) >= 11 is 0. The van der Waals surface area contributed by atoms with Crippen molar-refractivity contribution in [2.75, 3.05) is 27.2 Å². The maximum atomic E-state index is 13.3. The number of rotatable bonds is 4. The van der Waals surface area contributed by atoms with Gasteiger partial charge in [-0.2, -0.15) is 5.10 Å². The molecule has 0 unspecified atom stereocenters. The molecule has 3 aromatic rings. The van der Waals surface area contributed by atoms with E-state index in [2.05, 4.69) is 20.3 Å². The van der Waals surface area contributed by atoms with Crippen LogP contribution in [-0.2, 0) is 7.05 Å². The van der Waals surface area contributed by atoms with Gasteiger partial charge in [-0.25, -0.2) is 4.68 Å². The number of likely N-dealkylation sites (tertiary alicyclic amines) is 1. The Morgan fingerprint density at radius 1 is 1.19 bits per heavy atom. The normalized spacial score (nSPS) is 20.2. The Bertz CT molecular complexity index is 880. The average Bonchev–Trinajstić information content (AvgIpc) is 3.38. The number of aryl methyl sites for hydroxylation is 1. The lowest BCUT2D eigenvalue weighted by molar-refractivity contribution is 0.0781. The molecule has 0 saturated carbocycles. The van der Waals surface area contributed by atoms with E-state index in [-0.39, 0.29) is 18.0 Å². The second-order valence-corrected chi connectivity index (χ2v) is 6.79. The zero-order valence-corrected chi connectivity index (χ0v) is 15.1. The summed E-state index contributed by atoms with van der Waals surface area (Å²) in [5, 5.41) is 12.4. The van der Waals surface area contributed by atoms with Crippen molar-refractivity contribution < 1.29 is 4.79 Å². The van der Waals surface area contributed by atoms with Crippen LogP contribution in [0.1, 0.15) is 16.4 Å². The van der Waals surface area contributed by atoms with E-state index < -0.39 is 0 Å². The maximum Gasteiger partial charge on any atom is 0.259 e. The predicted molar refractivity (Wildman–Crippen MR) is 95.0 cm³/mol. The minimum Gasteiger partial charge on any atom is -0.335 e. The predicted octanol–water partition coefficient (Wildman–Crippen LogP) is 0.430. The zero-order valence-electron chi connectivity index (χ0n) is 15.1. The third-order valence-corrected chi connectivity index (χ3v) is 4.98. The Morgan fingerprint density at radius 3 is 2.62 bits per heavy atom. The molecule has 0 aromatic carbocycles. The van der Waals surface area contributed by atoms with Crippen molar-refractivity contribution in [3.63, 3.8) is 0 Å². The molecule has 9 heteroatoms. The van der Waals surface area contributed by atoms with E-state index >= 15 is 0 Å². The van der Waals surface area contributed by atoms with Gasteiger partial charge in [0.1, 0.15) is 11.4 Å². The molecule has 136 valence electrons. The highest BCUT2D eigenvalue weighted by atomic mass is 16.2. The molecule has 4 rings (SSSR count). The molecule has 3 aromatic heterocycles. The van der Waals surface area contributed by atoms with Crippen molar-refractivity contribution in [2.24, 2.45) is 7.05 Å². The first-order chi connectivity index (χ1) is 12.6. The number of amides is 1. The highest BCUT2D eigenvalue weighted by Crippen LogP contribution is 2.27. The molecule has 0 bridgehead atoms. The number of hydrogen-bond donors (Lipinski definition) is 0. The molecular weight excluding hydrogens is 332 g/mol. The number of likely N-dealkylation sites (N-methyl/N-ethyl adjacent to an activating group) is 1. The van der Waals surface area contributed by atoms with Crippen molar-refractivity contribution in [2.45, 2.75) is 12.1 Å². The lowest BCUT2D eigenvalue weighted by Crippen LogP contribution is -2.37. The molecule has 0 spiro atoms. The monoisotopic (exact) mass is 354 g/mol. The van der Waals surface area contributed by atoms with E-state index in [0.29, 0.717) is 18.7 Å². The van der Waals surface area contributed by atoms with Crippen molar-refractivity contribution in [3.8, 4) is 5.82 Å². The van der Waals surface area contributed by atoms with Gasteiger partial charge in [0.15, 0.2) is 0 Å². The van der Waals surface area contributed by atoms with E-state index in [4.69, 9.17) is 0 Å².